The minimum atomic E-state index is -0.0992. The van der Waals surface area contributed by atoms with E-state index < -0.39 is 0 Å². The molecule has 1 aromatic rings. The number of aliphatic hydroxyl groups is 1. The number of rotatable bonds is 6. The van der Waals surface area contributed by atoms with Crippen LogP contribution in [0.3, 0.4) is 0 Å². The molecule has 4 nitrogen and oxygen atoms in total. The highest BCUT2D eigenvalue weighted by atomic mass is 16.5. The van der Waals surface area contributed by atoms with Crippen LogP contribution in [-0.4, -0.2) is 30.8 Å². The summed E-state index contributed by atoms with van der Waals surface area (Å²) in [6, 6.07) is 7.65. The van der Waals surface area contributed by atoms with Crippen molar-refractivity contribution in [2.75, 3.05) is 19.8 Å². The largest absolute Gasteiger partial charge is 0.484 e. The Morgan fingerprint density at radius 2 is 1.90 bits per heavy atom. The average molecular weight is 291 g/mol. The molecule has 2 atom stereocenters. The van der Waals surface area contributed by atoms with E-state index in [2.05, 4.69) is 5.32 Å². The van der Waals surface area contributed by atoms with Crippen molar-refractivity contribution in [3.05, 3.63) is 29.8 Å². The number of aryl methyl sites for hydroxylation is 1. The van der Waals surface area contributed by atoms with Crippen molar-refractivity contribution in [3.63, 3.8) is 0 Å². The number of carbonyl (C=O) groups excluding carboxylic acids is 1. The van der Waals surface area contributed by atoms with Crippen molar-refractivity contribution in [3.8, 4) is 5.75 Å². The van der Waals surface area contributed by atoms with Gasteiger partial charge in [-0.15, -0.1) is 0 Å². The second kappa shape index (κ2) is 8.03. The number of nitrogens with one attached hydrogen (secondary N) is 1. The molecule has 0 saturated heterocycles. The van der Waals surface area contributed by atoms with Crippen LogP contribution in [0.15, 0.2) is 24.3 Å². The maximum atomic E-state index is 11.8. The summed E-state index contributed by atoms with van der Waals surface area (Å²) in [7, 11) is 0. The fraction of sp³-hybridized carbons (Fsp3) is 0.588. The van der Waals surface area contributed by atoms with E-state index in [1.165, 1.54) is 18.4 Å². The molecule has 2 rings (SSSR count). The van der Waals surface area contributed by atoms with Gasteiger partial charge < -0.3 is 15.2 Å². The maximum absolute atomic E-state index is 11.8. The monoisotopic (exact) mass is 291 g/mol. The third-order valence-electron chi connectivity index (χ3n) is 4.25. The van der Waals surface area contributed by atoms with Gasteiger partial charge >= 0.3 is 0 Å². The molecule has 0 aromatic heterocycles. The van der Waals surface area contributed by atoms with Gasteiger partial charge in [-0.2, -0.15) is 0 Å². The smallest absolute Gasteiger partial charge is 0.257 e. The number of hydrogen-bond acceptors (Lipinski definition) is 3. The molecule has 21 heavy (non-hydrogen) atoms. The molecule has 1 aliphatic carbocycles. The lowest BCUT2D eigenvalue weighted by Crippen LogP contribution is -2.37. The van der Waals surface area contributed by atoms with E-state index in [1.807, 2.05) is 31.2 Å². The Bertz CT molecular complexity index is 444. The summed E-state index contributed by atoms with van der Waals surface area (Å²) in [4.78, 5) is 11.8. The van der Waals surface area contributed by atoms with Crippen LogP contribution in [-0.2, 0) is 4.79 Å². The Morgan fingerprint density at radius 3 is 2.57 bits per heavy atom. The van der Waals surface area contributed by atoms with Gasteiger partial charge in [0, 0.05) is 13.2 Å². The number of benzene rings is 1. The number of carbonyl (C=O) groups is 1. The van der Waals surface area contributed by atoms with E-state index in [0.29, 0.717) is 24.1 Å². The second-order valence-corrected chi connectivity index (χ2v) is 5.89. The van der Waals surface area contributed by atoms with Crippen LogP contribution in [0.1, 0.15) is 31.2 Å². The minimum absolute atomic E-state index is 0.0412. The average Bonchev–Trinajstić information content (AvgIpc) is 2.52. The van der Waals surface area contributed by atoms with Gasteiger partial charge in [-0.3, -0.25) is 4.79 Å². The molecular formula is C17H25NO3. The van der Waals surface area contributed by atoms with Gasteiger partial charge in [-0.25, -0.2) is 0 Å². The van der Waals surface area contributed by atoms with Crippen molar-refractivity contribution in [1.82, 2.24) is 5.32 Å². The number of hydrogen-bond donors (Lipinski definition) is 2. The van der Waals surface area contributed by atoms with Gasteiger partial charge in [-0.05, 0) is 43.7 Å². The van der Waals surface area contributed by atoms with Gasteiger partial charge in [0.2, 0.25) is 0 Å². The molecule has 2 unspecified atom stereocenters. The van der Waals surface area contributed by atoms with Crippen LogP contribution in [0.5, 0.6) is 5.75 Å². The van der Waals surface area contributed by atoms with Crippen molar-refractivity contribution >= 4 is 5.91 Å². The van der Waals surface area contributed by atoms with Crippen LogP contribution >= 0.6 is 0 Å². The Labute approximate surface area is 126 Å². The molecule has 4 heteroatoms. The summed E-state index contributed by atoms with van der Waals surface area (Å²) in [5.74, 6) is 1.34. The van der Waals surface area contributed by atoms with Gasteiger partial charge in [0.05, 0.1) is 0 Å². The summed E-state index contributed by atoms with van der Waals surface area (Å²) < 4.78 is 5.45. The highest BCUT2D eigenvalue weighted by molar-refractivity contribution is 5.77. The van der Waals surface area contributed by atoms with E-state index in [-0.39, 0.29) is 19.1 Å². The SMILES string of the molecule is Cc1ccc(OCC(=O)NCC2CCCCC2CO)cc1. The molecule has 0 aliphatic heterocycles. The van der Waals surface area contributed by atoms with Crippen LogP contribution in [0.2, 0.25) is 0 Å². The molecule has 0 spiro atoms. The molecule has 2 N–H and O–H groups in total. The van der Waals surface area contributed by atoms with Crippen molar-refractivity contribution in [2.24, 2.45) is 11.8 Å². The minimum Gasteiger partial charge on any atom is -0.484 e. The first-order valence-electron chi connectivity index (χ1n) is 7.76. The van der Waals surface area contributed by atoms with Crippen molar-refractivity contribution < 1.29 is 14.6 Å². The third-order valence-corrected chi connectivity index (χ3v) is 4.25. The van der Waals surface area contributed by atoms with Crippen LogP contribution in [0, 0.1) is 18.8 Å². The molecule has 0 heterocycles. The van der Waals surface area contributed by atoms with E-state index in [0.717, 1.165) is 12.8 Å². The normalized spacial score (nSPS) is 21.8. The first-order chi connectivity index (χ1) is 10.2. The topological polar surface area (TPSA) is 58.6 Å². The van der Waals surface area contributed by atoms with E-state index in [9.17, 15) is 9.90 Å². The quantitative estimate of drug-likeness (QED) is 0.845. The molecule has 1 aliphatic rings. The zero-order chi connectivity index (χ0) is 15.1. The Hall–Kier alpha value is -1.55. The first kappa shape index (κ1) is 15.8. The predicted octanol–water partition coefficient (Wildman–Crippen LogP) is 2.29. The van der Waals surface area contributed by atoms with E-state index >= 15 is 0 Å². The van der Waals surface area contributed by atoms with Crippen molar-refractivity contribution in [2.45, 2.75) is 32.6 Å². The summed E-state index contributed by atoms with van der Waals surface area (Å²) in [5, 5.41) is 12.3. The lowest BCUT2D eigenvalue weighted by Gasteiger charge is -2.30. The van der Waals surface area contributed by atoms with E-state index in [4.69, 9.17) is 4.74 Å². The summed E-state index contributed by atoms with van der Waals surface area (Å²) >= 11 is 0. The summed E-state index contributed by atoms with van der Waals surface area (Å²) in [6.45, 7) is 2.92. The predicted molar refractivity (Wildman–Crippen MR) is 82.2 cm³/mol. The Kier molecular flexibility index (Phi) is 6.05. The Balaban J connectivity index is 1.70. The molecular weight excluding hydrogens is 266 g/mol. The highest BCUT2D eigenvalue weighted by Crippen LogP contribution is 2.29. The maximum Gasteiger partial charge on any atom is 0.257 e. The van der Waals surface area contributed by atoms with Crippen LogP contribution in [0.4, 0.5) is 0 Å². The molecule has 1 aromatic carbocycles. The van der Waals surface area contributed by atoms with Crippen molar-refractivity contribution in [1.29, 1.82) is 0 Å². The Morgan fingerprint density at radius 1 is 1.24 bits per heavy atom. The molecule has 0 bridgehead atoms. The summed E-state index contributed by atoms with van der Waals surface area (Å²) in [5.41, 5.74) is 1.17. The number of ether oxygens (including phenoxy) is 1. The van der Waals surface area contributed by atoms with Gasteiger partial charge in [-0.1, -0.05) is 30.5 Å². The molecule has 1 amide bonds. The third kappa shape index (κ3) is 5.05. The van der Waals surface area contributed by atoms with E-state index in [1.54, 1.807) is 0 Å². The fourth-order valence-electron chi connectivity index (χ4n) is 2.87. The van der Waals surface area contributed by atoms with Gasteiger partial charge in [0.1, 0.15) is 5.75 Å². The lowest BCUT2D eigenvalue weighted by atomic mass is 9.79. The zero-order valence-electron chi connectivity index (χ0n) is 12.7. The number of aliphatic hydroxyl groups excluding tert-OH is 1. The standard InChI is InChI=1S/C17H25NO3/c1-13-6-8-16(9-7-13)21-12-17(20)18-10-14-4-2-3-5-15(14)11-19/h6-9,14-15,19H,2-5,10-12H2,1H3,(H,18,20). The molecule has 0 radical (unpaired) electrons. The molecule has 116 valence electrons. The lowest BCUT2D eigenvalue weighted by molar-refractivity contribution is -0.123. The highest BCUT2D eigenvalue weighted by Gasteiger charge is 2.24. The fourth-order valence-corrected chi connectivity index (χ4v) is 2.87. The van der Waals surface area contributed by atoms with Crippen LogP contribution < -0.4 is 10.1 Å². The van der Waals surface area contributed by atoms with Gasteiger partial charge in [0.25, 0.3) is 5.91 Å². The molecule has 1 fully saturated rings. The zero-order valence-corrected chi connectivity index (χ0v) is 12.7. The number of amides is 1. The molecule has 1 saturated carbocycles. The second-order valence-electron chi connectivity index (χ2n) is 5.89. The van der Waals surface area contributed by atoms with Crippen LogP contribution in [0.25, 0.3) is 0 Å². The van der Waals surface area contributed by atoms with Gasteiger partial charge in [0.15, 0.2) is 6.61 Å². The first-order valence-corrected chi connectivity index (χ1v) is 7.76. The summed E-state index contributed by atoms with van der Waals surface area (Å²) in [6.07, 6.45) is 4.53.